The van der Waals surface area contributed by atoms with Crippen LogP contribution in [-0.4, -0.2) is 22.1 Å². The van der Waals surface area contributed by atoms with Crippen LogP contribution in [0, 0.1) is 0 Å². The first-order valence-electron chi connectivity index (χ1n) is 5.75. The quantitative estimate of drug-likeness (QED) is 0.736. The number of aromatic nitrogens is 1. The lowest BCUT2D eigenvalue weighted by Crippen LogP contribution is -2.31. The fraction of sp³-hybridized carbons (Fsp3) is 0.333. The van der Waals surface area contributed by atoms with Gasteiger partial charge in [-0.1, -0.05) is 6.07 Å². The molecule has 2 atom stereocenters. The molecule has 1 fully saturated rings. The molecule has 1 saturated heterocycles. The third kappa shape index (κ3) is 1.80. The van der Waals surface area contributed by atoms with Crippen molar-refractivity contribution in [1.29, 1.82) is 0 Å². The summed E-state index contributed by atoms with van der Waals surface area (Å²) in [5.74, 6) is -1.31. The van der Waals surface area contributed by atoms with Crippen LogP contribution in [0.3, 0.4) is 0 Å². The summed E-state index contributed by atoms with van der Waals surface area (Å²) in [4.78, 5) is 24.5. The van der Waals surface area contributed by atoms with Crippen LogP contribution in [0.4, 0.5) is 0 Å². The van der Waals surface area contributed by atoms with E-state index in [9.17, 15) is 9.59 Å². The maximum Gasteiger partial charge on any atom is 0.417 e. The molecule has 2 aromatic rings. The van der Waals surface area contributed by atoms with E-state index in [0.717, 1.165) is 12.0 Å². The summed E-state index contributed by atoms with van der Waals surface area (Å²) in [6.07, 6.45) is 1.37. The summed E-state index contributed by atoms with van der Waals surface area (Å²) in [7, 11) is 0. The molecular formula is C12H12N2O4. The fourth-order valence-corrected chi connectivity index (χ4v) is 2.38. The molecule has 3 N–H and O–H groups in total. The summed E-state index contributed by atoms with van der Waals surface area (Å²) in [5, 5.41) is 12.0. The van der Waals surface area contributed by atoms with Crippen molar-refractivity contribution in [2.75, 3.05) is 0 Å². The predicted molar refractivity (Wildman–Crippen MR) is 63.4 cm³/mol. The molecule has 0 amide bonds. The minimum absolute atomic E-state index is 0.00398. The van der Waals surface area contributed by atoms with Gasteiger partial charge in [0.2, 0.25) is 0 Å². The first kappa shape index (κ1) is 11.0. The van der Waals surface area contributed by atoms with Crippen molar-refractivity contribution in [2.24, 2.45) is 0 Å². The normalized spacial score (nSPS) is 23.6. The van der Waals surface area contributed by atoms with Gasteiger partial charge in [-0.3, -0.25) is 15.1 Å². The summed E-state index contributed by atoms with van der Waals surface area (Å²) >= 11 is 0. The van der Waals surface area contributed by atoms with Crippen LogP contribution in [0.25, 0.3) is 11.1 Å². The molecule has 1 aliphatic heterocycles. The van der Waals surface area contributed by atoms with Gasteiger partial charge in [0.25, 0.3) is 0 Å². The number of H-pyrrole nitrogens is 1. The van der Waals surface area contributed by atoms with Crippen molar-refractivity contribution < 1.29 is 14.3 Å². The standard InChI is InChI=1S/C12H12N2O4/c15-11(16)9-4-3-7(13-9)6-1-2-8-10(5-6)18-12(17)14-8/h1-2,5,7,9,13H,3-4H2,(H,14,17)(H,15,16). The Morgan fingerprint density at radius 3 is 2.94 bits per heavy atom. The van der Waals surface area contributed by atoms with Gasteiger partial charge in [0.05, 0.1) is 5.52 Å². The van der Waals surface area contributed by atoms with Crippen LogP contribution in [-0.2, 0) is 4.79 Å². The van der Waals surface area contributed by atoms with Gasteiger partial charge in [-0.15, -0.1) is 0 Å². The predicted octanol–water partition coefficient (Wildman–Crippen LogP) is 0.999. The molecule has 0 saturated carbocycles. The minimum atomic E-state index is -0.827. The molecule has 0 bridgehead atoms. The molecule has 2 heterocycles. The van der Waals surface area contributed by atoms with E-state index in [-0.39, 0.29) is 6.04 Å². The first-order chi connectivity index (χ1) is 8.63. The van der Waals surface area contributed by atoms with Crippen molar-refractivity contribution in [2.45, 2.75) is 24.9 Å². The van der Waals surface area contributed by atoms with Gasteiger partial charge in [-0.2, -0.15) is 0 Å². The second-order valence-electron chi connectivity index (χ2n) is 4.46. The molecule has 1 aromatic carbocycles. The lowest BCUT2D eigenvalue weighted by Gasteiger charge is -2.11. The molecule has 6 nitrogen and oxygen atoms in total. The van der Waals surface area contributed by atoms with Crippen LogP contribution in [0.2, 0.25) is 0 Å². The van der Waals surface area contributed by atoms with Gasteiger partial charge in [0, 0.05) is 6.04 Å². The molecule has 3 rings (SSSR count). The second-order valence-corrected chi connectivity index (χ2v) is 4.46. The van der Waals surface area contributed by atoms with E-state index in [0.29, 0.717) is 17.5 Å². The number of aliphatic carboxylic acids is 1. The zero-order valence-electron chi connectivity index (χ0n) is 9.47. The molecule has 18 heavy (non-hydrogen) atoms. The maximum atomic E-state index is 11.0. The van der Waals surface area contributed by atoms with E-state index in [2.05, 4.69) is 10.3 Å². The summed E-state index contributed by atoms with van der Waals surface area (Å²) < 4.78 is 4.99. The molecule has 94 valence electrons. The highest BCUT2D eigenvalue weighted by Gasteiger charge is 2.29. The molecule has 1 aromatic heterocycles. The smallest absolute Gasteiger partial charge is 0.417 e. The zero-order valence-corrected chi connectivity index (χ0v) is 9.47. The summed E-state index contributed by atoms with van der Waals surface area (Å²) in [6, 6.07) is 4.91. The molecule has 0 spiro atoms. The molecule has 6 heteroatoms. The lowest BCUT2D eigenvalue weighted by molar-refractivity contribution is -0.139. The van der Waals surface area contributed by atoms with E-state index in [1.54, 1.807) is 12.1 Å². The van der Waals surface area contributed by atoms with Gasteiger partial charge >= 0.3 is 11.7 Å². The number of fused-ring (bicyclic) bond motifs is 1. The number of benzene rings is 1. The van der Waals surface area contributed by atoms with Crippen LogP contribution >= 0.6 is 0 Å². The van der Waals surface area contributed by atoms with E-state index in [1.165, 1.54) is 0 Å². The number of carbonyl (C=O) groups is 1. The third-order valence-electron chi connectivity index (χ3n) is 3.29. The SMILES string of the molecule is O=C(O)C1CCC(c2ccc3[nH]c(=O)oc3c2)N1. The highest BCUT2D eigenvalue weighted by molar-refractivity contribution is 5.75. The lowest BCUT2D eigenvalue weighted by atomic mass is 10.1. The molecule has 2 unspecified atom stereocenters. The molecule has 1 aliphatic rings. The van der Waals surface area contributed by atoms with Crippen LogP contribution in [0.1, 0.15) is 24.4 Å². The highest BCUT2D eigenvalue weighted by Crippen LogP contribution is 2.28. The summed E-state index contributed by atoms with van der Waals surface area (Å²) in [6.45, 7) is 0. The van der Waals surface area contributed by atoms with Gasteiger partial charge in [0.1, 0.15) is 6.04 Å². The number of hydrogen-bond donors (Lipinski definition) is 3. The topological polar surface area (TPSA) is 95.3 Å². The Hall–Kier alpha value is -2.08. The van der Waals surface area contributed by atoms with Crippen molar-refractivity contribution in [3.05, 3.63) is 34.3 Å². The Morgan fingerprint density at radius 1 is 1.39 bits per heavy atom. The largest absolute Gasteiger partial charge is 0.480 e. The number of aromatic amines is 1. The number of carboxylic acid groups (broad SMARTS) is 1. The van der Waals surface area contributed by atoms with Gasteiger partial charge in [-0.25, -0.2) is 4.79 Å². The van der Waals surface area contributed by atoms with Crippen LogP contribution in [0.5, 0.6) is 0 Å². The van der Waals surface area contributed by atoms with E-state index in [1.807, 2.05) is 6.07 Å². The van der Waals surface area contributed by atoms with E-state index >= 15 is 0 Å². The average molecular weight is 248 g/mol. The first-order valence-corrected chi connectivity index (χ1v) is 5.75. The molecule has 0 aliphatic carbocycles. The third-order valence-corrected chi connectivity index (χ3v) is 3.29. The van der Waals surface area contributed by atoms with Crippen molar-refractivity contribution in [3.8, 4) is 0 Å². The van der Waals surface area contributed by atoms with Gasteiger partial charge in [-0.05, 0) is 30.5 Å². The van der Waals surface area contributed by atoms with Gasteiger partial charge in [0.15, 0.2) is 5.58 Å². The minimum Gasteiger partial charge on any atom is -0.480 e. The van der Waals surface area contributed by atoms with Crippen LogP contribution < -0.4 is 11.1 Å². The molecule has 0 radical (unpaired) electrons. The Kier molecular flexibility index (Phi) is 2.45. The van der Waals surface area contributed by atoms with Crippen molar-refractivity contribution in [1.82, 2.24) is 10.3 Å². The fourth-order valence-electron chi connectivity index (χ4n) is 2.38. The van der Waals surface area contributed by atoms with E-state index in [4.69, 9.17) is 9.52 Å². The number of hydrogen-bond acceptors (Lipinski definition) is 4. The van der Waals surface area contributed by atoms with Crippen LogP contribution in [0.15, 0.2) is 27.4 Å². The highest BCUT2D eigenvalue weighted by atomic mass is 16.4. The zero-order chi connectivity index (χ0) is 12.7. The molecular weight excluding hydrogens is 236 g/mol. The summed E-state index contributed by atoms with van der Waals surface area (Å²) in [5.41, 5.74) is 2.09. The number of oxazole rings is 1. The number of rotatable bonds is 2. The maximum absolute atomic E-state index is 11.0. The number of nitrogens with one attached hydrogen (secondary N) is 2. The Morgan fingerprint density at radius 2 is 2.22 bits per heavy atom. The Labute approximate surface area is 102 Å². The van der Waals surface area contributed by atoms with E-state index < -0.39 is 17.8 Å². The second kappa shape index (κ2) is 3.99. The van der Waals surface area contributed by atoms with Gasteiger partial charge < -0.3 is 9.52 Å². The number of carboxylic acids is 1. The monoisotopic (exact) mass is 248 g/mol. The van der Waals surface area contributed by atoms with Crippen molar-refractivity contribution in [3.63, 3.8) is 0 Å². The van der Waals surface area contributed by atoms with Crippen molar-refractivity contribution >= 4 is 17.1 Å². The Bertz CT molecular complexity index is 657. The average Bonchev–Trinajstić information content (AvgIpc) is 2.91. The Balaban J connectivity index is 1.91.